The lowest BCUT2D eigenvalue weighted by molar-refractivity contribution is -0.000374. The quantitative estimate of drug-likeness (QED) is 0.779. The average molecular weight is 364 g/mol. The molecule has 5 heteroatoms. The van der Waals surface area contributed by atoms with Crippen LogP contribution in [-0.2, 0) is 11.3 Å². The fourth-order valence-corrected chi connectivity index (χ4v) is 3.34. The Balaban J connectivity index is 1.52. The second kappa shape index (κ2) is 8.02. The Morgan fingerprint density at radius 2 is 1.79 bits per heavy atom. The molecule has 1 saturated heterocycles. The van der Waals surface area contributed by atoms with Gasteiger partial charge in [0.05, 0.1) is 23.3 Å². The molecule has 1 fully saturated rings. The molecule has 0 saturated carbocycles. The van der Waals surface area contributed by atoms with Gasteiger partial charge in [-0.25, -0.2) is 0 Å². The van der Waals surface area contributed by atoms with Gasteiger partial charge in [-0.05, 0) is 36.6 Å². The van der Waals surface area contributed by atoms with Crippen molar-refractivity contribution in [2.45, 2.75) is 25.6 Å². The number of ether oxygens (including phenoxy) is 1. The van der Waals surface area contributed by atoms with E-state index in [0.717, 1.165) is 12.8 Å². The minimum Gasteiger partial charge on any atom is -0.373 e. The van der Waals surface area contributed by atoms with E-state index in [2.05, 4.69) is 12.1 Å². The molecule has 0 bridgehead atoms. The molecule has 1 aliphatic rings. The highest BCUT2D eigenvalue weighted by molar-refractivity contribution is 6.36. The van der Waals surface area contributed by atoms with E-state index in [9.17, 15) is 4.79 Å². The molecule has 0 spiro atoms. The molecule has 2 aromatic carbocycles. The molecule has 126 valence electrons. The molecule has 1 amide bonds. The standard InChI is InChI=1S/C19H19Cl2NO2/c20-15-6-7-17(18(21)12-15)19(23)22-10-8-16(9-11-22)24-13-14-4-2-1-3-5-14/h1-7,12,16H,8-11,13H2. The van der Waals surface area contributed by atoms with Crippen molar-refractivity contribution >= 4 is 29.1 Å². The van der Waals surface area contributed by atoms with E-state index in [4.69, 9.17) is 27.9 Å². The number of amides is 1. The molecule has 3 rings (SSSR count). The van der Waals surface area contributed by atoms with E-state index < -0.39 is 0 Å². The topological polar surface area (TPSA) is 29.5 Å². The van der Waals surface area contributed by atoms with Gasteiger partial charge in [0.25, 0.3) is 5.91 Å². The minimum atomic E-state index is -0.0434. The molecular formula is C19H19Cl2NO2. The maximum Gasteiger partial charge on any atom is 0.255 e. The molecule has 1 aliphatic heterocycles. The zero-order valence-electron chi connectivity index (χ0n) is 13.3. The molecule has 3 nitrogen and oxygen atoms in total. The summed E-state index contributed by atoms with van der Waals surface area (Å²) in [5, 5.41) is 0.930. The molecule has 0 aromatic heterocycles. The summed E-state index contributed by atoms with van der Waals surface area (Å²) in [5.41, 5.74) is 1.67. The lowest BCUT2D eigenvalue weighted by Gasteiger charge is -2.32. The van der Waals surface area contributed by atoms with Crippen LogP contribution in [0.25, 0.3) is 0 Å². The Morgan fingerprint density at radius 3 is 2.46 bits per heavy atom. The van der Waals surface area contributed by atoms with Crippen LogP contribution in [0.4, 0.5) is 0 Å². The lowest BCUT2D eigenvalue weighted by atomic mass is 10.1. The summed E-state index contributed by atoms with van der Waals surface area (Å²) in [6.07, 6.45) is 1.86. The highest BCUT2D eigenvalue weighted by atomic mass is 35.5. The number of hydrogen-bond acceptors (Lipinski definition) is 2. The number of piperidine rings is 1. The first kappa shape index (κ1) is 17.3. The van der Waals surface area contributed by atoms with Crippen molar-refractivity contribution in [2.75, 3.05) is 13.1 Å². The fourth-order valence-electron chi connectivity index (χ4n) is 2.85. The average Bonchev–Trinajstić information content (AvgIpc) is 2.61. The normalized spacial score (nSPS) is 15.5. The molecule has 0 atom stereocenters. The van der Waals surface area contributed by atoms with Gasteiger partial charge >= 0.3 is 0 Å². The van der Waals surface area contributed by atoms with Crippen molar-refractivity contribution in [1.82, 2.24) is 4.90 Å². The third-order valence-corrected chi connectivity index (χ3v) is 4.77. The largest absolute Gasteiger partial charge is 0.373 e. The zero-order valence-corrected chi connectivity index (χ0v) is 14.8. The second-order valence-electron chi connectivity index (χ2n) is 5.91. The van der Waals surface area contributed by atoms with E-state index in [-0.39, 0.29) is 12.0 Å². The lowest BCUT2D eigenvalue weighted by Crippen LogP contribution is -2.41. The first-order valence-electron chi connectivity index (χ1n) is 8.03. The number of carbonyl (C=O) groups is 1. The van der Waals surface area contributed by atoms with E-state index in [1.54, 1.807) is 18.2 Å². The van der Waals surface area contributed by atoms with Crippen LogP contribution in [0, 0.1) is 0 Å². The second-order valence-corrected chi connectivity index (χ2v) is 6.76. The number of nitrogens with zero attached hydrogens (tertiary/aromatic N) is 1. The number of benzene rings is 2. The van der Waals surface area contributed by atoms with Crippen LogP contribution in [0.5, 0.6) is 0 Å². The van der Waals surface area contributed by atoms with Crippen molar-refractivity contribution in [3.05, 3.63) is 69.7 Å². The number of carbonyl (C=O) groups excluding carboxylic acids is 1. The molecule has 0 aliphatic carbocycles. The zero-order chi connectivity index (χ0) is 16.9. The predicted octanol–water partition coefficient (Wildman–Crippen LogP) is 4.81. The summed E-state index contributed by atoms with van der Waals surface area (Å²) in [5.74, 6) is -0.0434. The molecular weight excluding hydrogens is 345 g/mol. The van der Waals surface area contributed by atoms with Crippen molar-refractivity contribution < 1.29 is 9.53 Å². The third-order valence-electron chi connectivity index (χ3n) is 4.22. The Kier molecular flexibility index (Phi) is 5.77. The summed E-state index contributed by atoms with van der Waals surface area (Å²) >= 11 is 12.0. The van der Waals surface area contributed by atoms with Crippen LogP contribution in [0.3, 0.4) is 0 Å². The Labute approximate surface area is 152 Å². The first-order valence-corrected chi connectivity index (χ1v) is 8.79. The third kappa shape index (κ3) is 4.29. The van der Waals surface area contributed by atoms with Gasteiger partial charge in [0, 0.05) is 18.1 Å². The number of halogens is 2. The first-order chi connectivity index (χ1) is 11.6. The molecule has 0 N–H and O–H groups in total. The highest BCUT2D eigenvalue weighted by Gasteiger charge is 2.25. The summed E-state index contributed by atoms with van der Waals surface area (Å²) in [7, 11) is 0. The molecule has 2 aromatic rings. The number of hydrogen-bond donors (Lipinski definition) is 0. The van der Waals surface area contributed by atoms with Gasteiger partial charge in [0.2, 0.25) is 0 Å². The van der Waals surface area contributed by atoms with Crippen molar-refractivity contribution in [3.63, 3.8) is 0 Å². The van der Waals surface area contributed by atoms with Crippen LogP contribution in [0.1, 0.15) is 28.8 Å². The van der Waals surface area contributed by atoms with Gasteiger partial charge in [-0.1, -0.05) is 53.5 Å². The van der Waals surface area contributed by atoms with Gasteiger partial charge in [0.1, 0.15) is 0 Å². The SMILES string of the molecule is O=C(c1ccc(Cl)cc1Cl)N1CCC(OCc2ccccc2)CC1. The van der Waals surface area contributed by atoms with Crippen LogP contribution in [0.15, 0.2) is 48.5 Å². The van der Waals surface area contributed by atoms with Crippen LogP contribution >= 0.6 is 23.2 Å². The van der Waals surface area contributed by atoms with E-state index >= 15 is 0 Å². The van der Waals surface area contributed by atoms with Gasteiger partial charge in [0.15, 0.2) is 0 Å². The van der Waals surface area contributed by atoms with Gasteiger partial charge < -0.3 is 9.64 Å². The van der Waals surface area contributed by atoms with E-state index in [0.29, 0.717) is 35.3 Å². The van der Waals surface area contributed by atoms with Crippen LogP contribution < -0.4 is 0 Å². The van der Waals surface area contributed by atoms with Gasteiger partial charge in [-0.2, -0.15) is 0 Å². The highest BCUT2D eigenvalue weighted by Crippen LogP contribution is 2.24. The van der Waals surface area contributed by atoms with Crippen LogP contribution in [-0.4, -0.2) is 30.0 Å². The van der Waals surface area contributed by atoms with Gasteiger partial charge in [-0.15, -0.1) is 0 Å². The molecule has 0 unspecified atom stereocenters. The Hall–Kier alpha value is -1.55. The molecule has 24 heavy (non-hydrogen) atoms. The number of rotatable bonds is 4. The maximum atomic E-state index is 12.6. The van der Waals surface area contributed by atoms with Crippen LogP contribution in [0.2, 0.25) is 10.0 Å². The fraction of sp³-hybridized carbons (Fsp3) is 0.316. The molecule has 0 radical (unpaired) electrons. The number of likely N-dealkylation sites (tertiary alicyclic amines) is 1. The summed E-state index contributed by atoms with van der Waals surface area (Å²) < 4.78 is 5.96. The van der Waals surface area contributed by atoms with Gasteiger partial charge in [-0.3, -0.25) is 4.79 Å². The monoisotopic (exact) mass is 363 g/mol. The van der Waals surface area contributed by atoms with Crippen molar-refractivity contribution in [2.24, 2.45) is 0 Å². The van der Waals surface area contributed by atoms with E-state index in [1.807, 2.05) is 23.1 Å². The molecule has 1 heterocycles. The maximum absolute atomic E-state index is 12.6. The van der Waals surface area contributed by atoms with Crippen molar-refractivity contribution in [3.8, 4) is 0 Å². The summed E-state index contributed by atoms with van der Waals surface area (Å²) in [4.78, 5) is 14.4. The Morgan fingerprint density at radius 1 is 1.08 bits per heavy atom. The van der Waals surface area contributed by atoms with Crippen molar-refractivity contribution in [1.29, 1.82) is 0 Å². The smallest absolute Gasteiger partial charge is 0.255 e. The Bertz CT molecular complexity index is 698. The van der Waals surface area contributed by atoms with E-state index in [1.165, 1.54) is 5.56 Å². The minimum absolute atomic E-state index is 0.0434. The summed E-state index contributed by atoms with van der Waals surface area (Å²) in [6, 6.07) is 15.1. The summed E-state index contributed by atoms with van der Waals surface area (Å²) in [6.45, 7) is 1.97. The predicted molar refractivity (Wildman–Crippen MR) is 96.6 cm³/mol.